The summed E-state index contributed by atoms with van der Waals surface area (Å²) in [5.74, 6) is -0.303. The third-order valence-electron chi connectivity index (χ3n) is 7.01. The highest BCUT2D eigenvalue weighted by Gasteiger charge is 2.43. The van der Waals surface area contributed by atoms with E-state index in [1.807, 2.05) is 39.0 Å². The molecule has 36 heavy (non-hydrogen) atoms. The molecule has 5 aromatic rings. The number of benzene rings is 1. The predicted octanol–water partition coefficient (Wildman–Crippen LogP) is 4.13. The van der Waals surface area contributed by atoms with E-state index in [4.69, 9.17) is 15.1 Å². The smallest absolute Gasteiger partial charge is 0.262 e. The van der Waals surface area contributed by atoms with E-state index >= 15 is 0 Å². The summed E-state index contributed by atoms with van der Waals surface area (Å²) < 4.78 is 3.77. The molecule has 5 heterocycles. The van der Waals surface area contributed by atoms with Crippen LogP contribution in [0.25, 0.3) is 16.7 Å². The van der Waals surface area contributed by atoms with Crippen LogP contribution in [0.5, 0.6) is 0 Å². The molecule has 1 atom stereocenters. The molecule has 0 radical (unpaired) electrons. The topological polar surface area (TPSA) is 98.3 Å². The fourth-order valence-electron chi connectivity index (χ4n) is 5.09. The molecule has 0 saturated carbocycles. The van der Waals surface area contributed by atoms with E-state index in [1.54, 1.807) is 41.3 Å². The van der Waals surface area contributed by atoms with Crippen LogP contribution in [-0.4, -0.2) is 45.8 Å². The van der Waals surface area contributed by atoms with Crippen molar-refractivity contribution in [2.75, 3.05) is 0 Å². The van der Waals surface area contributed by atoms with Crippen LogP contribution in [-0.2, 0) is 6.54 Å². The molecule has 1 unspecified atom stereocenters. The highest BCUT2D eigenvalue weighted by Crippen LogP contribution is 2.36. The first-order valence-corrected chi connectivity index (χ1v) is 11.9. The first-order valence-electron chi connectivity index (χ1n) is 11.9. The maximum Gasteiger partial charge on any atom is 0.262 e. The first kappa shape index (κ1) is 22.1. The SMILES string of the molecule is Cc1c(C)n(Cc2ccccn2)c2ncn3nc(C(C(C)C)N4C(=O)c5ccccc5C4=O)nc3c12. The van der Waals surface area contributed by atoms with Crippen LogP contribution in [0.4, 0.5) is 0 Å². The van der Waals surface area contributed by atoms with Gasteiger partial charge in [-0.2, -0.15) is 0 Å². The minimum Gasteiger partial charge on any atom is -0.323 e. The lowest BCUT2D eigenvalue weighted by atomic mass is 10.0. The number of amides is 2. The third kappa shape index (κ3) is 3.16. The zero-order valence-corrected chi connectivity index (χ0v) is 20.5. The van der Waals surface area contributed by atoms with Crippen molar-refractivity contribution in [3.8, 4) is 0 Å². The number of pyridine rings is 1. The van der Waals surface area contributed by atoms with Crippen molar-refractivity contribution in [1.82, 2.24) is 34.0 Å². The monoisotopic (exact) mass is 479 g/mol. The highest BCUT2D eigenvalue weighted by molar-refractivity contribution is 6.21. The van der Waals surface area contributed by atoms with Gasteiger partial charge in [-0.05, 0) is 49.6 Å². The quantitative estimate of drug-likeness (QED) is 0.352. The number of hydrogen-bond acceptors (Lipinski definition) is 6. The molecule has 9 nitrogen and oxygen atoms in total. The summed E-state index contributed by atoms with van der Waals surface area (Å²) in [5.41, 5.74) is 5.34. The van der Waals surface area contributed by atoms with Crippen LogP contribution < -0.4 is 0 Å². The standard InChI is InChI=1S/C27H25N7O2/c1-15(2)22(34-26(35)19-10-5-6-11-20(19)27(34)36)23-30-25-21-16(3)17(4)32(13-18-9-7-8-12-28-18)24(21)29-14-33(25)31-23/h5-12,14-15,22H,13H2,1-4H3. The highest BCUT2D eigenvalue weighted by atomic mass is 16.2. The molecule has 4 aromatic heterocycles. The molecule has 0 saturated heterocycles. The van der Waals surface area contributed by atoms with E-state index in [2.05, 4.69) is 16.5 Å². The van der Waals surface area contributed by atoms with Crippen molar-refractivity contribution in [2.45, 2.75) is 40.3 Å². The van der Waals surface area contributed by atoms with Gasteiger partial charge in [0.2, 0.25) is 0 Å². The summed E-state index contributed by atoms with van der Waals surface area (Å²) in [6, 6.07) is 12.2. The molecule has 1 aromatic carbocycles. The van der Waals surface area contributed by atoms with Crippen LogP contribution in [0.1, 0.15) is 63.4 Å². The van der Waals surface area contributed by atoms with Crippen LogP contribution in [0, 0.1) is 19.8 Å². The van der Waals surface area contributed by atoms with E-state index in [1.165, 1.54) is 4.90 Å². The Kier molecular flexibility index (Phi) is 4.96. The van der Waals surface area contributed by atoms with E-state index in [9.17, 15) is 9.59 Å². The molecule has 0 N–H and O–H groups in total. The average molecular weight is 480 g/mol. The zero-order chi connectivity index (χ0) is 25.1. The molecule has 6 rings (SSSR count). The van der Waals surface area contributed by atoms with Crippen molar-refractivity contribution in [3.05, 3.63) is 88.9 Å². The molecule has 0 bridgehead atoms. The van der Waals surface area contributed by atoms with Gasteiger partial charge in [-0.3, -0.25) is 19.5 Å². The van der Waals surface area contributed by atoms with Crippen molar-refractivity contribution in [1.29, 1.82) is 0 Å². The Balaban J connectivity index is 1.48. The molecule has 9 heteroatoms. The number of carbonyl (C=O) groups is 2. The maximum atomic E-state index is 13.3. The lowest BCUT2D eigenvalue weighted by molar-refractivity contribution is 0.0529. The second-order valence-electron chi connectivity index (χ2n) is 9.51. The summed E-state index contributed by atoms with van der Waals surface area (Å²) >= 11 is 0. The van der Waals surface area contributed by atoms with Gasteiger partial charge in [0.15, 0.2) is 11.5 Å². The van der Waals surface area contributed by atoms with Gasteiger partial charge in [0.1, 0.15) is 18.0 Å². The van der Waals surface area contributed by atoms with E-state index in [0.717, 1.165) is 28.0 Å². The van der Waals surface area contributed by atoms with Gasteiger partial charge in [-0.25, -0.2) is 14.5 Å². The molecule has 0 fully saturated rings. The summed E-state index contributed by atoms with van der Waals surface area (Å²) in [5, 5.41) is 5.60. The lowest BCUT2D eigenvalue weighted by Crippen LogP contribution is -2.37. The van der Waals surface area contributed by atoms with Gasteiger partial charge in [0, 0.05) is 11.9 Å². The molecule has 180 valence electrons. The lowest BCUT2D eigenvalue weighted by Gasteiger charge is -2.26. The number of aryl methyl sites for hydroxylation is 1. The fraction of sp³-hybridized carbons (Fsp3) is 0.259. The van der Waals surface area contributed by atoms with E-state index in [0.29, 0.717) is 29.1 Å². The van der Waals surface area contributed by atoms with Gasteiger partial charge in [-0.1, -0.05) is 32.0 Å². The molecule has 0 spiro atoms. The van der Waals surface area contributed by atoms with Gasteiger partial charge in [0.25, 0.3) is 11.8 Å². The largest absolute Gasteiger partial charge is 0.323 e. The maximum absolute atomic E-state index is 13.3. The Morgan fingerprint density at radius 1 is 0.889 bits per heavy atom. The summed E-state index contributed by atoms with van der Waals surface area (Å²) in [6.07, 6.45) is 3.42. The number of imide groups is 1. The second-order valence-corrected chi connectivity index (χ2v) is 9.51. The molecule has 1 aliphatic heterocycles. The Hall–Kier alpha value is -4.40. The van der Waals surface area contributed by atoms with Crippen LogP contribution in [0.15, 0.2) is 55.0 Å². The summed E-state index contributed by atoms with van der Waals surface area (Å²) in [6.45, 7) is 8.62. The minimum atomic E-state index is -0.607. The molecule has 2 amide bonds. The van der Waals surface area contributed by atoms with Gasteiger partial charge < -0.3 is 4.57 Å². The summed E-state index contributed by atoms with van der Waals surface area (Å²) in [4.78, 5) is 41.9. The Morgan fingerprint density at radius 2 is 1.58 bits per heavy atom. The number of fused-ring (bicyclic) bond motifs is 4. The molecular weight excluding hydrogens is 454 g/mol. The Labute approximate surface area is 207 Å². The van der Waals surface area contributed by atoms with Crippen LogP contribution in [0.2, 0.25) is 0 Å². The molecular formula is C27H25N7O2. The minimum absolute atomic E-state index is 0.0929. The normalized spacial score (nSPS) is 14.4. The molecule has 0 aliphatic carbocycles. The number of aromatic nitrogens is 6. The van der Waals surface area contributed by atoms with Gasteiger partial charge in [0.05, 0.1) is 28.8 Å². The van der Waals surface area contributed by atoms with Crippen molar-refractivity contribution < 1.29 is 9.59 Å². The van der Waals surface area contributed by atoms with Gasteiger partial charge >= 0.3 is 0 Å². The first-order chi connectivity index (χ1) is 17.4. The second kappa shape index (κ2) is 8.08. The van der Waals surface area contributed by atoms with Crippen molar-refractivity contribution in [2.24, 2.45) is 5.92 Å². The third-order valence-corrected chi connectivity index (χ3v) is 7.01. The number of nitrogens with zero attached hydrogens (tertiary/aromatic N) is 7. The average Bonchev–Trinajstić information content (AvgIpc) is 3.49. The Bertz CT molecular complexity index is 1630. The number of hydrogen-bond donors (Lipinski definition) is 0. The van der Waals surface area contributed by atoms with Crippen molar-refractivity contribution in [3.63, 3.8) is 0 Å². The van der Waals surface area contributed by atoms with Gasteiger partial charge in [-0.15, -0.1) is 5.10 Å². The van der Waals surface area contributed by atoms with Crippen molar-refractivity contribution >= 4 is 28.5 Å². The number of rotatable bonds is 5. The van der Waals surface area contributed by atoms with Crippen LogP contribution in [0.3, 0.4) is 0 Å². The summed E-state index contributed by atoms with van der Waals surface area (Å²) in [7, 11) is 0. The predicted molar refractivity (Wildman–Crippen MR) is 134 cm³/mol. The number of carbonyl (C=O) groups excluding carboxylic acids is 2. The zero-order valence-electron chi connectivity index (χ0n) is 20.5. The Morgan fingerprint density at radius 3 is 2.22 bits per heavy atom. The van der Waals surface area contributed by atoms with E-state index < -0.39 is 6.04 Å². The van der Waals surface area contributed by atoms with Crippen LogP contribution >= 0.6 is 0 Å². The molecule has 1 aliphatic rings. The van der Waals surface area contributed by atoms with E-state index in [-0.39, 0.29) is 17.7 Å². The fourth-order valence-corrected chi connectivity index (χ4v) is 5.09.